The maximum atomic E-state index is 12.9. The number of nitrogens with two attached hydrogens (primary N) is 1. The zero-order valence-corrected chi connectivity index (χ0v) is 17.6. The van der Waals surface area contributed by atoms with Crippen LogP contribution in [-0.2, 0) is 16.8 Å². The number of aromatic nitrogens is 3. The van der Waals surface area contributed by atoms with Gasteiger partial charge in [0.05, 0.1) is 40.7 Å². The molecule has 2 aliphatic heterocycles. The van der Waals surface area contributed by atoms with Gasteiger partial charge in [-0.05, 0) is 43.0 Å². The number of nitrogens with zero attached hydrogens (tertiary/aromatic N) is 4. The predicted molar refractivity (Wildman–Crippen MR) is 115 cm³/mol. The summed E-state index contributed by atoms with van der Waals surface area (Å²) in [5.74, 6) is 0.459. The van der Waals surface area contributed by atoms with Gasteiger partial charge in [0, 0.05) is 36.8 Å². The number of hydrogen-bond acceptors (Lipinski definition) is 7. The topological polar surface area (TPSA) is 94.2 Å². The fraction of sp³-hybridized carbons (Fsp3) is 0.364. The zero-order chi connectivity index (χ0) is 20.7. The number of piperidine rings is 1. The second-order valence-corrected chi connectivity index (χ2v) is 9.05. The Kier molecular flexibility index (Phi) is 4.75. The van der Waals surface area contributed by atoms with Crippen molar-refractivity contribution >= 4 is 23.1 Å². The molecule has 1 spiro atoms. The summed E-state index contributed by atoms with van der Waals surface area (Å²) in [6.45, 7) is 3.99. The Morgan fingerprint density at radius 2 is 2.00 bits per heavy atom. The summed E-state index contributed by atoms with van der Waals surface area (Å²) < 4.78 is 6.35. The summed E-state index contributed by atoms with van der Waals surface area (Å²) in [5, 5.41) is 0. The first-order chi connectivity index (χ1) is 14.5. The summed E-state index contributed by atoms with van der Waals surface area (Å²) in [7, 11) is 0. The molecule has 0 unspecified atom stereocenters. The molecule has 3 aromatic rings. The van der Waals surface area contributed by atoms with E-state index in [1.807, 2.05) is 17.9 Å². The zero-order valence-electron chi connectivity index (χ0n) is 16.8. The second kappa shape index (κ2) is 7.45. The number of nitrogen functional groups attached to an aromatic ring is 1. The molecule has 2 N–H and O–H groups in total. The molecule has 154 valence electrons. The monoisotopic (exact) mass is 421 g/mol. The lowest BCUT2D eigenvalue weighted by Crippen LogP contribution is -2.48. The number of hydrogen-bond donors (Lipinski definition) is 1. The third-order valence-electron chi connectivity index (χ3n) is 5.91. The highest BCUT2D eigenvalue weighted by molar-refractivity contribution is 7.15. The third-order valence-corrected chi connectivity index (χ3v) is 7.13. The predicted octanol–water partition coefficient (Wildman–Crippen LogP) is 3.19. The normalized spacial score (nSPS) is 17.7. The minimum absolute atomic E-state index is 0.0419. The van der Waals surface area contributed by atoms with Gasteiger partial charge < -0.3 is 15.4 Å². The van der Waals surface area contributed by atoms with Gasteiger partial charge in [-0.3, -0.25) is 9.78 Å². The SMILES string of the molecule is Cc1cncc(C(=O)N2CCC3(CC2)OCCc2sc(-c4cnc(N)cn4)cc23)c1. The van der Waals surface area contributed by atoms with Crippen LogP contribution in [0.4, 0.5) is 5.82 Å². The lowest BCUT2D eigenvalue weighted by molar-refractivity contribution is -0.0926. The van der Waals surface area contributed by atoms with Crippen LogP contribution >= 0.6 is 11.3 Å². The first kappa shape index (κ1) is 19.1. The van der Waals surface area contributed by atoms with Crippen LogP contribution in [0.15, 0.2) is 36.9 Å². The molecule has 8 heteroatoms. The molecular weight excluding hydrogens is 398 g/mol. The van der Waals surface area contributed by atoms with Crippen molar-refractivity contribution in [1.82, 2.24) is 19.9 Å². The minimum Gasteiger partial charge on any atom is -0.382 e. The molecule has 0 saturated carbocycles. The lowest BCUT2D eigenvalue weighted by atomic mass is 9.82. The highest BCUT2D eigenvalue weighted by Gasteiger charge is 2.43. The van der Waals surface area contributed by atoms with Gasteiger partial charge in [0.2, 0.25) is 0 Å². The van der Waals surface area contributed by atoms with Crippen LogP contribution in [0.3, 0.4) is 0 Å². The maximum Gasteiger partial charge on any atom is 0.255 e. The molecule has 30 heavy (non-hydrogen) atoms. The third kappa shape index (κ3) is 3.36. The summed E-state index contributed by atoms with van der Waals surface area (Å²) in [5.41, 5.74) is 9.07. The van der Waals surface area contributed by atoms with Crippen LogP contribution in [0.25, 0.3) is 10.6 Å². The van der Waals surface area contributed by atoms with Crippen LogP contribution < -0.4 is 5.73 Å². The van der Waals surface area contributed by atoms with Gasteiger partial charge in [-0.25, -0.2) is 9.97 Å². The summed E-state index contributed by atoms with van der Waals surface area (Å²) in [6, 6.07) is 4.09. The van der Waals surface area contributed by atoms with E-state index in [1.54, 1.807) is 36.1 Å². The van der Waals surface area contributed by atoms with Gasteiger partial charge in [-0.2, -0.15) is 0 Å². The van der Waals surface area contributed by atoms with Gasteiger partial charge in [0.15, 0.2) is 0 Å². The number of ether oxygens (including phenoxy) is 1. The Hall–Kier alpha value is -2.84. The molecule has 0 radical (unpaired) electrons. The molecule has 0 bridgehead atoms. The van der Waals surface area contributed by atoms with Gasteiger partial charge in [0.1, 0.15) is 5.82 Å². The van der Waals surface area contributed by atoms with Crippen LogP contribution in [0.2, 0.25) is 0 Å². The number of amides is 1. The standard InChI is InChI=1S/C22H23N5O2S/c1-14-8-15(11-24-10-14)21(28)27-5-3-22(4-6-27)16-9-19(30-18(16)2-7-29-22)17-12-26-20(23)13-25-17/h8-13H,2-7H2,1H3,(H2,23,26). The Labute approximate surface area is 178 Å². The summed E-state index contributed by atoms with van der Waals surface area (Å²) in [4.78, 5) is 30.0. The molecule has 3 aromatic heterocycles. The van der Waals surface area contributed by atoms with Crippen LogP contribution in [0.5, 0.6) is 0 Å². The van der Waals surface area contributed by atoms with Crippen molar-refractivity contribution in [1.29, 1.82) is 0 Å². The summed E-state index contributed by atoms with van der Waals surface area (Å²) >= 11 is 1.76. The van der Waals surface area contributed by atoms with Gasteiger partial charge in [-0.1, -0.05) is 0 Å². The first-order valence-corrected chi connectivity index (χ1v) is 10.9. The van der Waals surface area contributed by atoms with Crippen molar-refractivity contribution in [3.63, 3.8) is 0 Å². The molecule has 1 amide bonds. The highest BCUT2D eigenvalue weighted by atomic mass is 32.1. The highest BCUT2D eigenvalue weighted by Crippen LogP contribution is 2.46. The Morgan fingerprint density at radius 3 is 2.73 bits per heavy atom. The number of carbonyl (C=O) groups is 1. The number of thiophene rings is 1. The van der Waals surface area contributed by atoms with E-state index in [-0.39, 0.29) is 11.5 Å². The number of carbonyl (C=O) groups excluding carboxylic acids is 1. The van der Waals surface area contributed by atoms with E-state index in [9.17, 15) is 4.79 Å². The smallest absolute Gasteiger partial charge is 0.255 e. The Morgan fingerprint density at radius 1 is 1.17 bits per heavy atom. The minimum atomic E-state index is -0.328. The van der Waals surface area contributed by atoms with Crippen molar-refractivity contribution in [2.45, 2.75) is 31.8 Å². The second-order valence-electron chi connectivity index (χ2n) is 7.91. The quantitative estimate of drug-likeness (QED) is 0.683. The molecule has 5 rings (SSSR count). The Balaban J connectivity index is 1.37. The van der Waals surface area contributed by atoms with Gasteiger partial charge >= 0.3 is 0 Å². The Bertz CT molecular complexity index is 1090. The average Bonchev–Trinajstić information content (AvgIpc) is 3.20. The molecule has 0 aromatic carbocycles. The van der Waals surface area contributed by atoms with Crippen LogP contribution in [-0.4, -0.2) is 45.5 Å². The molecule has 1 saturated heterocycles. The molecular formula is C22H23N5O2S. The number of rotatable bonds is 2. The fourth-order valence-electron chi connectivity index (χ4n) is 4.35. The van der Waals surface area contributed by atoms with Crippen molar-refractivity contribution in [3.05, 3.63) is 58.5 Å². The van der Waals surface area contributed by atoms with Crippen molar-refractivity contribution < 1.29 is 9.53 Å². The molecule has 1 fully saturated rings. The molecule has 0 atom stereocenters. The van der Waals surface area contributed by atoms with E-state index < -0.39 is 0 Å². The largest absolute Gasteiger partial charge is 0.382 e. The van der Waals surface area contributed by atoms with E-state index in [2.05, 4.69) is 21.0 Å². The molecule has 2 aliphatic rings. The van der Waals surface area contributed by atoms with E-state index in [0.29, 0.717) is 31.1 Å². The van der Waals surface area contributed by atoms with E-state index in [1.165, 1.54) is 10.4 Å². The fourth-order valence-corrected chi connectivity index (χ4v) is 5.54. The number of aryl methyl sites for hydroxylation is 1. The van der Waals surface area contributed by atoms with Crippen molar-refractivity contribution in [3.8, 4) is 10.6 Å². The molecule has 5 heterocycles. The number of fused-ring (bicyclic) bond motifs is 2. The number of anilines is 1. The van der Waals surface area contributed by atoms with E-state index in [0.717, 1.165) is 35.4 Å². The van der Waals surface area contributed by atoms with Crippen molar-refractivity contribution in [2.75, 3.05) is 25.4 Å². The van der Waals surface area contributed by atoms with Crippen LogP contribution in [0.1, 0.15) is 39.2 Å². The van der Waals surface area contributed by atoms with Crippen molar-refractivity contribution in [2.24, 2.45) is 0 Å². The van der Waals surface area contributed by atoms with E-state index >= 15 is 0 Å². The average molecular weight is 422 g/mol. The van der Waals surface area contributed by atoms with Crippen LogP contribution in [0, 0.1) is 6.92 Å². The molecule has 7 nitrogen and oxygen atoms in total. The van der Waals surface area contributed by atoms with Gasteiger partial charge in [-0.15, -0.1) is 11.3 Å². The number of pyridine rings is 1. The first-order valence-electron chi connectivity index (χ1n) is 10.1. The lowest BCUT2D eigenvalue weighted by Gasteiger charge is -2.44. The number of likely N-dealkylation sites (tertiary alicyclic amines) is 1. The van der Waals surface area contributed by atoms with E-state index in [4.69, 9.17) is 10.5 Å². The maximum absolute atomic E-state index is 12.9. The molecule has 0 aliphatic carbocycles. The van der Waals surface area contributed by atoms with Gasteiger partial charge in [0.25, 0.3) is 5.91 Å². The summed E-state index contributed by atoms with van der Waals surface area (Å²) in [6.07, 6.45) is 9.19.